The molecule has 13 nitrogen and oxygen atoms in total. The van der Waals surface area contributed by atoms with E-state index < -0.39 is 54.3 Å². The van der Waals surface area contributed by atoms with Gasteiger partial charge in [-0.15, -0.1) is 0 Å². The summed E-state index contributed by atoms with van der Waals surface area (Å²) in [7, 11) is 0. The number of rotatable bonds is 15. The van der Waals surface area contributed by atoms with Gasteiger partial charge in [-0.25, -0.2) is 4.79 Å². The number of benzene rings is 3. The van der Waals surface area contributed by atoms with E-state index in [-0.39, 0.29) is 31.6 Å². The van der Waals surface area contributed by atoms with Crippen molar-refractivity contribution in [2.24, 2.45) is 5.73 Å². The molecule has 0 aliphatic carbocycles. The van der Waals surface area contributed by atoms with Crippen LogP contribution >= 0.6 is 0 Å². The number of H-pyrrole nitrogens is 1. The molecule has 0 saturated heterocycles. The number of phenolic OH excluding ortho intramolecular Hbond substituents is 1. The smallest absolute Gasteiger partial charge is 0.326 e. The highest BCUT2D eigenvalue weighted by atomic mass is 16.4. The quantitative estimate of drug-likeness (QED) is 0.0926. The highest BCUT2D eigenvalue weighted by Crippen LogP contribution is 2.19. The second-order valence-electron chi connectivity index (χ2n) is 10.7. The van der Waals surface area contributed by atoms with Crippen LogP contribution in [0.3, 0.4) is 0 Å². The van der Waals surface area contributed by atoms with Gasteiger partial charge in [0.1, 0.15) is 23.9 Å². The molecule has 0 aliphatic heterocycles. The van der Waals surface area contributed by atoms with E-state index in [0.717, 1.165) is 22.0 Å². The van der Waals surface area contributed by atoms with Crippen molar-refractivity contribution >= 4 is 40.5 Å². The van der Waals surface area contributed by atoms with Gasteiger partial charge in [-0.2, -0.15) is 0 Å². The number of hydrogen-bond donors (Lipinski definition) is 8. The number of phenols is 1. The Balaban J connectivity index is 1.48. The summed E-state index contributed by atoms with van der Waals surface area (Å²) >= 11 is 0. The van der Waals surface area contributed by atoms with E-state index in [1.165, 1.54) is 24.3 Å². The molecular formula is C33H36N6O7. The van der Waals surface area contributed by atoms with Crippen molar-refractivity contribution in [3.63, 3.8) is 0 Å². The van der Waals surface area contributed by atoms with Gasteiger partial charge < -0.3 is 42.2 Å². The second-order valence-corrected chi connectivity index (χ2v) is 10.7. The Labute approximate surface area is 264 Å². The first-order valence-electron chi connectivity index (χ1n) is 14.6. The highest BCUT2D eigenvalue weighted by molar-refractivity contribution is 5.95. The molecule has 46 heavy (non-hydrogen) atoms. The number of para-hydroxylation sites is 1. The lowest BCUT2D eigenvalue weighted by Gasteiger charge is -2.23. The maximum atomic E-state index is 13.5. The molecule has 0 unspecified atom stereocenters. The molecule has 240 valence electrons. The van der Waals surface area contributed by atoms with Gasteiger partial charge in [-0.05, 0) is 34.9 Å². The van der Waals surface area contributed by atoms with E-state index in [4.69, 9.17) is 5.73 Å². The zero-order valence-corrected chi connectivity index (χ0v) is 24.9. The largest absolute Gasteiger partial charge is 0.508 e. The van der Waals surface area contributed by atoms with Gasteiger partial charge in [-0.1, -0.05) is 60.7 Å². The number of nitrogens with two attached hydrogens (primary N) is 1. The lowest BCUT2D eigenvalue weighted by Crippen LogP contribution is -2.56. The molecule has 4 rings (SSSR count). The fourth-order valence-corrected chi connectivity index (χ4v) is 4.92. The van der Waals surface area contributed by atoms with Gasteiger partial charge in [0.05, 0.1) is 13.1 Å². The fourth-order valence-electron chi connectivity index (χ4n) is 4.92. The minimum atomic E-state index is -1.29. The van der Waals surface area contributed by atoms with Gasteiger partial charge in [0.25, 0.3) is 0 Å². The second kappa shape index (κ2) is 15.9. The number of carbonyl (C=O) groups is 5. The number of aromatic hydroxyl groups is 1. The number of amides is 4. The number of carbonyl (C=O) groups excluding carboxylic acids is 4. The molecule has 0 radical (unpaired) electrons. The lowest BCUT2D eigenvalue weighted by atomic mass is 10.0. The van der Waals surface area contributed by atoms with Crippen molar-refractivity contribution in [1.82, 2.24) is 26.3 Å². The summed E-state index contributed by atoms with van der Waals surface area (Å²) in [6, 6.07) is 18.8. The van der Waals surface area contributed by atoms with E-state index in [9.17, 15) is 34.2 Å². The van der Waals surface area contributed by atoms with Crippen molar-refractivity contribution < 1.29 is 34.2 Å². The van der Waals surface area contributed by atoms with Crippen molar-refractivity contribution in [3.8, 4) is 5.75 Å². The molecule has 4 aromatic rings. The maximum Gasteiger partial charge on any atom is 0.326 e. The predicted molar refractivity (Wildman–Crippen MR) is 169 cm³/mol. The van der Waals surface area contributed by atoms with E-state index >= 15 is 0 Å². The van der Waals surface area contributed by atoms with Gasteiger partial charge in [0.15, 0.2) is 0 Å². The SMILES string of the molecule is NCC(=O)N[C@H](Cc1ccccc1)C(=O)N[C@H](Cc1c[nH]c2ccccc12)C(=O)NCC(=O)N[C@H](Cc1ccc(O)cc1)C(=O)O. The molecule has 9 N–H and O–H groups in total. The third-order valence-electron chi connectivity index (χ3n) is 7.28. The molecule has 3 atom stereocenters. The minimum Gasteiger partial charge on any atom is -0.508 e. The number of nitrogens with one attached hydrogen (secondary N) is 5. The van der Waals surface area contributed by atoms with E-state index in [2.05, 4.69) is 26.3 Å². The topological polar surface area (TPSA) is 216 Å². The van der Waals surface area contributed by atoms with Gasteiger partial charge in [0, 0.05) is 36.4 Å². The van der Waals surface area contributed by atoms with Crippen LogP contribution in [0.1, 0.15) is 16.7 Å². The molecule has 0 spiro atoms. The molecule has 1 heterocycles. The zero-order valence-electron chi connectivity index (χ0n) is 24.9. The monoisotopic (exact) mass is 628 g/mol. The molecule has 13 heteroatoms. The molecule has 0 aliphatic rings. The summed E-state index contributed by atoms with van der Waals surface area (Å²) < 4.78 is 0. The van der Waals surface area contributed by atoms with Crippen LogP contribution in [0.5, 0.6) is 5.75 Å². The Bertz CT molecular complexity index is 1670. The van der Waals surface area contributed by atoms with Crippen molar-refractivity contribution in [3.05, 3.63) is 102 Å². The molecule has 1 aromatic heterocycles. The maximum absolute atomic E-state index is 13.5. The average molecular weight is 629 g/mol. The van der Waals surface area contributed by atoms with Crippen LogP contribution in [-0.2, 0) is 43.2 Å². The first kappa shape index (κ1) is 33.2. The first-order valence-corrected chi connectivity index (χ1v) is 14.6. The van der Waals surface area contributed by atoms with Crippen LogP contribution in [0.2, 0.25) is 0 Å². The zero-order chi connectivity index (χ0) is 33.1. The van der Waals surface area contributed by atoms with Crippen LogP contribution in [0.15, 0.2) is 85.1 Å². The normalized spacial score (nSPS) is 12.8. The van der Waals surface area contributed by atoms with E-state index in [0.29, 0.717) is 5.56 Å². The Morgan fingerprint density at radius 3 is 2.00 bits per heavy atom. The third kappa shape index (κ3) is 9.40. The van der Waals surface area contributed by atoms with Crippen LogP contribution in [-0.4, -0.2) is 76.0 Å². The number of aromatic amines is 1. The summed E-state index contributed by atoms with van der Waals surface area (Å²) in [5.41, 5.74) is 8.38. The van der Waals surface area contributed by atoms with Crippen LogP contribution in [0.4, 0.5) is 0 Å². The highest BCUT2D eigenvalue weighted by Gasteiger charge is 2.29. The number of aliphatic carboxylic acids is 1. The minimum absolute atomic E-state index is 0.0183. The molecular weight excluding hydrogens is 592 g/mol. The lowest BCUT2D eigenvalue weighted by molar-refractivity contribution is -0.141. The summed E-state index contributed by atoms with van der Waals surface area (Å²) in [6.45, 7) is -0.896. The van der Waals surface area contributed by atoms with Crippen molar-refractivity contribution in [2.75, 3.05) is 13.1 Å². The van der Waals surface area contributed by atoms with E-state index in [1.807, 2.05) is 30.3 Å². The van der Waals surface area contributed by atoms with Gasteiger partial charge >= 0.3 is 5.97 Å². The summed E-state index contributed by atoms with van der Waals surface area (Å²) in [6.07, 6.45) is 1.86. The van der Waals surface area contributed by atoms with Crippen molar-refractivity contribution in [1.29, 1.82) is 0 Å². The third-order valence-corrected chi connectivity index (χ3v) is 7.28. The molecule has 0 saturated carbocycles. The first-order chi connectivity index (χ1) is 22.1. The number of carboxylic acids is 1. The number of hydrogen-bond acceptors (Lipinski definition) is 7. The number of aromatic nitrogens is 1. The Kier molecular flexibility index (Phi) is 11.5. The van der Waals surface area contributed by atoms with Gasteiger partial charge in [0.2, 0.25) is 23.6 Å². The molecule has 3 aromatic carbocycles. The van der Waals surface area contributed by atoms with Crippen LogP contribution in [0, 0.1) is 0 Å². The van der Waals surface area contributed by atoms with Crippen molar-refractivity contribution in [2.45, 2.75) is 37.4 Å². The van der Waals surface area contributed by atoms with Crippen LogP contribution in [0.25, 0.3) is 10.9 Å². The summed E-state index contributed by atoms with van der Waals surface area (Å²) in [4.78, 5) is 66.9. The van der Waals surface area contributed by atoms with E-state index in [1.54, 1.807) is 30.5 Å². The Hall–Kier alpha value is -5.69. The summed E-state index contributed by atoms with van der Waals surface area (Å²) in [5.74, 6) is -3.89. The molecule has 0 fully saturated rings. The molecule has 0 bridgehead atoms. The van der Waals surface area contributed by atoms with Gasteiger partial charge in [-0.3, -0.25) is 19.2 Å². The average Bonchev–Trinajstić information content (AvgIpc) is 3.46. The van der Waals surface area contributed by atoms with Crippen LogP contribution < -0.4 is 27.0 Å². The standard InChI is InChI=1S/C33H36N6O7/c34-17-29(41)37-26(14-20-6-2-1-3-7-20)32(44)39-27(16-22-18-35-25-9-5-4-8-24(22)25)31(43)36-19-30(42)38-28(33(45)46)15-21-10-12-23(40)13-11-21/h1-13,18,26-28,35,40H,14-17,19,34H2,(H,36,43)(H,37,41)(H,38,42)(H,39,44)(H,45,46)/t26-,27-,28-/m1/s1. The fraction of sp³-hybridized carbons (Fsp3) is 0.242. The molecule has 4 amide bonds. The predicted octanol–water partition coefficient (Wildman–Crippen LogP) is 0.515. The Morgan fingerprint density at radius 2 is 1.30 bits per heavy atom. The number of fused-ring (bicyclic) bond motifs is 1. The Morgan fingerprint density at radius 1 is 0.696 bits per heavy atom. The number of carboxylic acid groups (broad SMARTS) is 1. The summed E-state index contributed by atoms with van der Waals surface area (Å²) in [5, 5.41) is 30.2.